The maximum atomic E-state index is 12.0. The van der Waals surface area contributed by atoms with Crippen LogP contribution >= 0.6 is 11.3 Å². The Bertz CT molecular complexity index is 468. The van der Waals surface area contributed by atoms with Crippen molar-refractivity contribution < 1.29 is 9.59 Å². The van der Waals surface area contributed by atoms with Gasteiger partial charge in [0.05, 0.1) is 11.4 Å². The first-order chi connectivity index (χ1) is 9.31. The number of hydrogen-bond acceptors (Lipinski definition) is 3. The van der Waals surface area contributed by atoms with E-state index in [2.05, 4.69) is 19.2 Å². The minimum atomic E-state index is -0.179. The Morgan fingerprint density at radius 2 is 1.95 bits per heavy atom. The standard InChI is InChI=1S/C15H24N2O2S/c1-10(2)8-11(3)17(5)14(18)9-16-15(19)13-7-6-12(4)20-13/h6-7,10-11H,8-9H2,1-5H3,(H,16,19)/t11-/m1/s1. The molecule has 0 aliphatic heterocycles. The Morgan fingerprint density at radius 3 is 2.45 bits per heavy atom. The van der Waals surface area contributed by atoms with Crippen molar-refractivity contribution in [2.24, 2.45) is 5.92 Å². The summed E-state index contributed by atoms with van der Waals surface area (Å²) in [6.45, 7) is 8.30. The zero-order valence-electron chi connectivity index (χ0n) is 12.9. The zero-order chi connectivity index (χ0) is 15.3. The van der Waals surface area contributed by atoms with Gasteiger partial charge >= 0.3 is 0 Å². The number of hydrogen-bond donors (Lipinski definition) is 1. The average molecular weight is 296 g/mol. The van der Waals surface area contributed by atoms with E-state index in [0.29, 0.717) is 10.8 Å². The number of likely N-dealkylation sites (N-methyl/N-ethyl adjacent to an activating group) is 1. The van der Waals surface area contributed by atoms with E-state index in [1.165, 1.54) is 11.3 Å². The molecule has 0 radical (unpaired) electrons. The van der Waals surface area contributed by atoms with Gasteiger partial charge in [0.1, 0.15) is 0 Å². The third kappa shape index (κ3) is 4.96. The molecule has 0 aliphatic rings. The van der Waals surface area contributed by atoms with Gasteiger partial charge in [0.2, 0.25) is 5.91 Å². The molecule has 4 nitrogen and oxygen atoms in total. The second kappa shape index (κ2) is 7.43. The van der Waals surface area contributed by atoms with Gasteiger partial charge in [-0.05, 0) is 38.3 Å². The highest BCUT2D eigenvalue weighted by Crippen LogP contribution is 2.14. The van der Waals surface area contributed by atoms with E-state index in [9.17, 15) is 9.59 Å². The van der Waals surface area contributed by atoms with Gasteiger partial charge in [-0.3, -0.25) is 9.59 Å². The minimum Gasteiger partial charge on any atom is -0.342 e. The highest BCUT2D eigenvalue weighted by molar-refractivity contribution is 7.13. The van der Waals surface area contributed by atoms with E-state index in [0.717, 1.165) is 11.3 Å². The summed E-state index contributed by atoms with van der Waals surface area (Å²) in [4.78, 5) is 27.3. The van der Waals surface area contributed by atoms with Crippen LogP contribution in [0.4, 0.5) is 0 Å². The van der Waals surface area contributed by atoms with Crippen LogP contribution < -0.4 is 5.32 Å². The van der Waals surface area contributed by atoms with E-state index in [1.54, 1.807) is 18.0 Å². The Kier molecular flexibility index (Phi) is 6.20. The molecule has 0 unspecified atom stereocenters. The number of carbonyl (C=O) groups excluding carboxylic acids is 2. The summed E-state index contributed by atoms with van der Waals surface area (Å²) >= 11 is 1.43. The molecule has 0 bridgehead atoms. The van der Waals surface area contributed by atoms with Crippen LogP contribution in [0.25, 0.3) is 0 Å². The van der Waals surface area contributed by atoms with Crippen LogP contribution in [0, 0.1) is 12.8 Å². The van der Waals surface area contributed by atoms with Crippen molar-refractivity contribution in [3.63, 3.8) is 0 Å². The molecule has 1 rings (SSSR count). The molecule has 0 fully saturated rings. The molecule has 1 aromatic heterocycles. The fourth-order valence-corrected chi connectivity index (χ4v) is 2.79. The molecule has 1 atom stereocenters. The van der Waals surface area contributed by atoms with Gasteiger partial charge in [-0.15, -0.1) is 11.3 Å². The van der Waals surface area contributed by atoms with Crippen molar-refractivity contribution in [2.75, 3.05) is 13.6 Å². The Hall–Kier alpha value is -1.36. The lowest BCUT2D eigenvalue weighted by Gasteiger charge is -2.26. The molecule has 0 spiro atoms. The van der Waals surface area contributed by atoms with E-state index in [-0.39, 0.29) is 24.4 Å². The first-order valence-corrected chi connectivity index (χ1v) is 7.73. The number of nitrogens with zero attached hydrogens (tertiary/aromatic N) is 1. The molecule has 1 heterocycles. The fourth-order valence-electron chi connectivity index (χ4n) is 2.01. The van der Waals surface area contributed by atoms with Gasteiger partial charge in [-0.1, -0.05) is 13.8 Å². The summed E-state index contributed by atoms with van der Waals surface area (Å²) in [6.07, 6.45) is 0.959. The number of thiophene rings is 1. The highest BCUT2D eigenvalue weighted by Gasteiger charge is 2.17. The lowest BCUT2D eigenvalue weighted by atomic mass is 10.0. The molecule has 112 valence electrons. The molecule has 1 N–H and O–H groups in total. The highest BCUT2D eigenvalue weighted by atomic mass is 32.1. The first-order valence-electron chi connectivity index (χ1n) is 6.91. The largest absolute Gasteiger partial charge is 0.342 e. The number of aryl methyl sites for hydroxylation is 1. The van der Waals surface area contributed by atoms with Crippen molar-refractivity contribution >= 4 is 23.2 Å². The van der Waals surface area contributed by atoms with Gasteiger partial charge < -0.3 is 10.2 Å². The van der Waals surface area contributed by atoms with E-state index >= 15 is 0 Å². The van der Waals surface area contributed by atoms with Gasteiger partial charge in [0.15, 0.2) is 0 Å². The summed E-state index contributed by atoms with van der Waals surface area (Å²) < 4.78 is 0. The lowest BCUT2D eigenvalue weighted by molar-refractivity contribution is -0.130. The average Bonchev–Trinajstić information content (AvgIpc) is 2.80. The van der Waals surface area contributed by atoms with E-state index in [4.69, 9.17) is 0 Å². The summed E-state index contributed by atoms with van der Waals surface area (Å²) in [7, 11) is 1.79. The maximum Gasteiger partial charge on any atom is 0.261 e. The van der Waals surface area contributed by atoms with Crippen molar-refractivity contribution in [1.29, 1.82) is 0 Å². The third-order valence-electron chi connectivity index (χ3n) is 3.23. The van der Waals surface area contributed by atoms with Crippen LogP contribution in [0.2, 0.25) is 0 Å². The molecule has 0 aliphatic carbocycles. The van der Waals surface area contributed by atoms with Crippen molar-refractivity contribution in [2.45, 2.75) is 40.2 Å². The molecular formula is C15H24N2O2S. The molecule has 0 saturated heterocycles. The monoisotopic (exact) mass is 296 g/mol. The summed E-state index contributed by atoms with van der Waals surface area (Å²) in [6, 6.07) is 3.87. The zero-order valence-corrected chi connectivity index (χ0v) is 13.7. The van der Waals surface area contributed by atoms with Crippen LogP contribution in [0.5, 0.6) is 0 Å². The molecule has 0 aromatic carbocycles. The predicted molar refractivity (Wildman–Crippen MR) is 83.1 cm³/mol. The normalized spacial score (nSPS) is 12.3. The topological polar surface area (TPSA) is 49.4 Å². The molecular weight excluding hydrogens is 272 g/mol. The number of carbonyl (C=O) groups is 2. The summed E-state index contributed by atoms with van der Waals surface area (Å²) in [5.74, 6) is 0.310. The number of amides is 2. The Labute approximate surface area is 125 Å². The number of rotatable bonds is 6. The van der Waals surface area contributed by atoms with Gasteiger partial charge in [0, 0.05) is 18.0 Å². The van der Waals surface area contributed by atoms with Crippen LogP contribution in [0.3, 0.4) is 0 Å². The van der Waals surface area contributed by atoms with Crippen LogP contribution in [0.1, 0.15) is 41.7 Å². The van der Waals surface area contributed by atoms with Gasteiger partial charge in [-0.25, -0.2) is 0 Å². The van der Waals surface area contributed by atoms with Gasteiger partial charge in [0.25, 0.3) is 5.91 Å². The molecule has 1 aromatic rings. The molecule has 20 heavy (non-hydrogen) atoms. The molecule has 0 saturated carbocycles. The van der Waals surface area contributed by atoms with Crippen LogP contribution in [-0.2, 0) is 4.79 Å². The fraction of sp³-hybridized carbons (Fsp3) is 0.600. The Morgan fingerprint density at radius 1 is 1.30 bits per heavy atom. The predicted octanol–water partition coefficient (Wildman–Crippen LogP) is 2.68. The van der Waals surface area contributed by atoms with Crippen molar-refractivity contribution in [3.8, 4) is 0 Å². The van der Waals surface area contributed by atoms with Crippen molar-refractivity contribution in [1.82, 2.24) is 10.2 Å². The second-order valence-corrected chi connectivity index (χ2v) is 6.86. The Balaban J connectivity index is 2.44. The summed E-state index contributed by atoms with van der Waals surface area (Å²) in [5, 5.41) is 2.68. The van der Waals surface area contributed by atoms with Gasteiger partial charge in [-0.2, -0.15) is 0 Å². The lowest BCUT2D eigenvalue weighted by Crippen LogP contribution is -2.42. The third-order valence-corrected chi connectivity index (χ3v) is 4.23. The van der Waals surface area contributed by atoms with Crippen LogP contribution in [-0.4, -0.2) is 36.3 Å². The SMILES string of the molecule is Cc1ccc(C(=O)NCC(=O)N(C)[C@H](C)CC(C)C)s1. The smallest absolute Gasteiger partial charge is 0.261 e. The minimum absolute atomic E-state index is 0.0503. The number of nitrogens with one attached hydrogen (secondary N) is 1. The molecule has 5 heteroatoms. The van der Waals surface area contributed by atoms with E-state index < -0.39 is 0 Å². The molecule has 2 amide bonds. The quantitative estimate of drug-likeness (QED) is 0.877. The first kappa shape index (κ1) is 16.7. The van der Waals surface area contributed by atoms with E-state index in [1.807, 2.05) is 19.9 Å². The van der Waals surface area contributed by atoms with Crippen LogP contribution in [0.15, 0.2) is 12.1 Å². The maximum absolute atomic E-state index is 12.0. The second-order valence-electron chi connectivity index (χ2n) is 5.58. The summed E-state index contributed by atoms with van der Waals surface area (Å²) in [5.41, 5.74) is 0. The van der Waals surface area contributed by atoms with Crippen molar-refractivity contribution in [3.05, 3.63) is 21.9 Å².